The maximum Gasteiger partial charge on any atom is 0.289 e. The first-order valence-electron chi connectivity index (χ1n) is 7.34. The van der Waals surface area contributed by atoms with Crippen LogP contribution in [-0.2, 0) is 10.8 Å². The van der Waals surface area contributed by atoms with Crippen molar-refractivity contribution in [3.8, 4) is 5.75 Å². The van der Waals surface area contributed by atoms with Crippen molar-refractivity contribution < 1.29 is 19.0 Å². The van der Waals surface area contributed by atoms with E-state index in [1.54, 1.807) is 0 Å². The van der Waals surface area contributed by atoms with E-state index in [0.717, 1.165) is 5.56 Å². The van der Waals surface area contributed by atoms with Gasteiger partial charge in [-0.3, -0.25) is 0 Å². The van der Waals surface area contributed by atoms with Crippen molar-refractivity contribution in [1.29, 1.82) is 0 Å². The van der Waals surface area contributed by atoms with Gasteiger partial charge in [-0.25, -0.2) is 8.78 Å². The number of benzene rings is 1. The number of hydrogen-bond donors (Lipinski definition) is 3. The van der Waals surface area contributed by atoms with Gasteiger partial charge >= 0.3 is 0 Å². The second-order valence-electron chi connectivity index (χ2n) is 7.86. The lowest BCUT2D eigenvalue weighted by Crippen LogP contribution is -2.36. The minimum absolute atomic E-state index is 0. The number of rotatable bonds is 3. The lowest BCUT2D eigenvalue weighted by Gasteiger charge is -2.30. The number of halogens is 3. The summed E-state index contributed by atoms with van der Waals surface area (Å²) in [6, 6.07) is 1.59. The van der Waals surface area contributed by atoms with Gasteiger partial charge in [-0.05, 0) is 28.0 Å². The number of nitrogens with two attached hydrogens (primary N) is 1. The molecule has 1 aromatic rings. The van der Waals surface area contributed by atoms with Gasteiger partial charge in [0, 0.05) is 5.56 Å². The van der Waals surface area contributed by atoms with Crippen molar-refractivity contribution in [2.24, 2.45) is 5.73 Å². The lowest BCUT2D eigenvalue weighted by atomic mass is 9.77. The molecule has 0 aliphatic rings. The third-order valence-electron chi connectivity index (χ3n) is 3.81. The quantitative estimate of drug-likeness (QED) is 0.770. The summed E-state index contributed by atoms with van der Waals surface area (Å²) in [6.07, 6.45) is 0. The minimum atomic E-state index is -3.50. The minimum Gasteiger partial charge on any atom is -0.507 e. The van der Waals surface area contributed by atoms with Crippen LogP contribution in [0.4, 0.5) is 8.78 Å². The number of aromatic hydroxyl groups is 1. The Morgan fingerprint density at radius 2 is 1.52 bits per heavy atom. The molecule has 0 aliphatic carbocycles. The van der Waals surface area contributed by atoms with E-state index in [9.17, 15) is 13.9 Å². The fourth-order valence-corrected chi connectivity index (χ4v) is 2.22. The molecule has 0 aromatic heterocycles. The molecule has 0 saturated carbocycles. The second kappa shape index (κ2) is 6.91. The molecule has 4 N–H and O–H groups in total. The standard InChI is InChI=1S/C17H27F2NO2.ClH/c1-15(2,3)10-7-11(14(20)17(18,19)9-21)13(22)12(8-10)16(4,5)6;/h7-8,14,21-22H,9,20H2,1-6H3;1H/t14-;/m0./s1. The molecule has 3 nitrogen and oxygen atoms in total. The SMILES string of the molecule is CC(C)(C)c1cc([C@H](N)C(F)(F)CO)c(O)c(C(C)(C)C)c1.Cl. The van der Waals surface area contributed by atoms with Crippen LogP contribution in [0.3, 0.4) is 0 Å². The topological polar surface area (TPSA) is 66.5 Å². The first kappa shape index (κ1) is 22.1. The molecule has 134 valence electrons. The highest BCUT2D eigenvalue weighted by molar-refractivity contribution is 5.85. The van der Waals surface area contributed by atoms with Gasteiger partial charge in [0.2, 0.25) is 0 Å². The first-order valence-corrected chi connectivity index (χ1v) is 7.34. The molecule has 1 aromatic carbocycles. The van der Waals surface area contributed by atoms with Crippen LogP contribution in [0.25, 0.3) is 0 Å². The average molecular weight is 352 g/mol. The summed E-state index contributed by atoms with van der Waals surface area (Å²) in [5, 5.41) is 19.3. The third-order valence-corrected chi connectivity index (χ3v) is 3.81. The van der Waals surface area contributed by atoms with Crippen LogP contribution in [0.15, 0.2) is 12.1 Å². The Hall–Kier alpha value is -0.910. The molecule has 0 bridgehead atoms. The molecule has 1 atom stereocenters. The van der Waals surface area contributed by atoms with Crippen LogP contribution in [0.5, 0.6) is 5.75 Å². The van der Waals surface area contributed by atoms with E-state index in [-0.39, 0.29) is 29.1 Å². The van der Waals surface area contributed by atoms with Crippen molar-refractivity contribution in [2.75, 3.05) is 6.61 Å². The van der Waals surface area contributed by atoms with Crippen molar-refractivity contribution in [3.05, 3.63) is 28.8 Å². The molecule has 0 saturated heterocycles. The fourth-order valence-electron chi connectivity index (χ4n) is 2.22. The predicted octanol–water partition coefficient (Wildman–Crippen LogP) is 4.04. The average Bonchev–Trinajstić information content (AvgIpc) is 2.35. The largest absolute Gasteiger partial charge is 0.507 e. The van der Waals surface area contributed by atoms with E-state index in [1.165, 1.54) is 6.07 Å². The van der Waals surface area contributed by atoms with Crippen molar-refractivity contribution in [3.63, 3.8) is 0 Å². The molecule has 1 rings (SSSR count). The number of phenols is 1. The zero-order chi connectivity index (χ0) is 17.5. The van der Waals surface area contributed by atoms with Crippen LogP contribution in [-0.4, -0.2) is 22.7 Å². The van der Waals surface area contributed by atoms with Crippen molar-refractivity contribution in [1.82, 2.24) is 0 Å². The normalized spacial score (nSPS) is 14.3. The van der Waals surface area contributed by atoms with Gasteiger partial charge in [0.25, 0.3) is 5.92 Å². The monoisotopic (exact) mass is 351 g/mol. The van der Waals surface area contributed by atoms with Gasteiger partial charge in [-0.2, -0.15) is 0 Å². The van der Waals surface area contributed by atoms with E-state index in [2.05, 4.69) is 0 Å². The van der Waals surface area contributed by atoms with E-state index in [0.29, 0.717) is 5.56 Å². The Kier molecular flexibility index (Phi) is 6.64. The van der Waals surface area contributed by atoms with Crippen LogP contribution in [0, 0.1) is 0 Å². The van der Waals surface area contributed by atoms with Crippen molar-refractivity contribution >= 4 is 12.4 Å². The van der Waals surface area contributed by atoms with Crippen LogP contribution >= 0.6 is 12.4 Å². The van der Waals surface area contributed by atoms with E-state index in [1.807, 2.05) is 47.6 Å². The molecule has 0 heterocycles. The maximum absolute atomic E-state index is 13.8. The summed E-state index contributed by atoms with van der Waals surface area (Å²) in [4.78, 5) is 0. The molecule has 0 radical (unpaired) electrons. The molecule has 0 fully saturated rings. The Morgan fingerprint density at radius 3 is 1.87 bits per heavy atom. The number of alkyl halides is 2. The van der Waals surface area contributed by atoms with E-state index in [4.69, 9.17) is 10.8 Å². The molecule has 23 heavy (non-hydrogen) atoms. The van der Waals surface area contributed by atoms with Gasteiger partial charge in [0.15, 0.2) is 0 Å². The van der Waals surface area contributed by atoms with Gasteiger partial charge in [0.05, 0.1) is 0 Å². The summed E-state index contributed by atoms with van der Waals surface area (Å²) in [6.45, 7) is 10.2. The molecule has 0 unspecified atom stereocenters. The highest BCUT2D eigenvalue weighted by Crippen LogP contribution is 2.42. The van der Waals surface area contributed by atoms with E-state index < -0.39 is 24.0 Å². The Bertz CT molecular complexity index is 549. The van der Waals surface area contributed by atoms with Crippen LogP contribution in [0.2, 0.25) is 0 Å². The number of hydrogen-bond acceptors (Lipinski definition) is 3. The van der Waals surface area contributed by atoms with Gasteiger partial charge in [-0.15, -0.1) is 12.4 Å². The molecule has 0 spiro atoms. The summed E-state index contributed by atoms with van der Waals surface area (Å²) >= 11 is 0. The highest BCUT2D eigenvalue weighted by atomic mass is 35.5. The zero-order valence-electron chi connectivity index (χ0n) is 14.6. The Labute approximate surface area is 143 Å². The summed E-state index contributed by atoms with van der Waals surface area (Å²) in [5.74, 6) is -3.72. The number of aliphatic hydroxyl groups is 1. The van der Waals surface area contributed by atoms with Crippen LogP contribution in [0.1, 0.15) is 64.3 Å². The second-order valence-corrected chi connectivity index (χ2v) is 7.86. The summed E-state index contributed by atoms with van der Waals surface area (Å²) in [7, 11) is 0. The maximum atomic E-state index is 13.8. The van der Waals surface area contributed by atoms with Gasteiger partial charge in [0.1, 0.15) is 18.4 Å². The summed E-state index contributed by atoms with van der Waals surface area (Å²) in [5.41, 5.74) is 6.29. The zero-order valence-corrected chi connectivity index (χ0v) is 15.4. The molecule has 0 aliphatic heterocycles. The summed E-state index contributed by atoms with van der Waals surface area (Å²) < 4.78 is 27.6. The number of aliphatic hydroxyl groups excluding tert-OH is 1. The molecular weight excluding hydrogens is 324 g/mol. The third kappa shape index (κ3) is 4.78. The van der Waals surface area contributed by atoms with Gasteiger partial charge in [-0.1, -0.05) is 47.6 Å². The van der Waals surface area contributed by atoms with Crippen LogP contribution < -0.4 is 5.73 Å². The Morgan fingerprint density at radius 1 is 1.04 bits per heavy atom. The highest BCUT2D eigenvalue weighted by Gasteiger charge is 2.40. The molecule has 0 amide bonds. The molecule has 6 heteroatoms. The van der Waals surface area contributed by atoms with E-state index >= 15 is 0 Å². The Balaban J connectivity index is 0.00000484. The fraction of sp³-hybridized carbons (Fsp3) is 0.647. The smallest absolute Gasteiger partial charge is 0.289 e. The first-order chi connectivity index (χ1) is 9.71. The lowest BCUT2D eigenvalue weighted by molar-refractivity contribution is -0.0716. The predicted molar refractivity (Wildman–Crippen MR) is 91.7 cm³/mol. The van der Waals surface area contributed by atoms with Gasteiger partial charge < -0.3 is 15.9 Å². The molecular formula is C17H28ClF2NO2. The van der Waals surface area contributed by atoms with Crippen molar-refractivity contribution in [2.45, 2.75) is 64.3 Å². The number of phenolic OH excluding ortho intramolecular Hbond substituents is 1.